The van der Waals surface area contributed by atoms with E-state index in [1.807, 2.05) is 6.07 Å². The Hall–Kier alpha value is -2.65. The summed E-state index contributed by atoms with van der Waals surface area (Å²) in [5, 5.41) is 5.76. The number of benzene rings is 2. The molecule has 110 valence electrons. The van der Waals surface area contributed by atoms with Gasteiger partial charge in [0.25, 0.3) is 0 Å². The van der Waals surface area contributed by atoms with E-state index in [-0.39, 0.29) is 0 Å². The van der Waals surface area contributed by atoms with Crippen molar-refractivity contribution >= 4 is 44.0 Å². The van der Waals surface area contributed by atoms with Gasteiger partial charge in [-0.3, -0.25) is 0 Å². The third kappa shape index (κ3) is 1.83. The van der Waals surface area contributed by atoms with Crippen molar-refractivity contribution in [1.29, 1.82) is 0 Å². The summed E-state index contributed by atoms with van der Waals surface area (Å²) in [6.07, 6.45) is 0. The second-order valence-corrected chi connectivity index (χ2v) is 6.83. The van der Waals surface area contributed by atoms with E-state index < -0.39 is 0 Å². The number of hydrogen-bond donors (Lipinski definition) is 1. The highest BCUT2D eigenvalue weighted by atomic mass is 32.1. The fourth-order valence-corrected chi connectivity index (χ4v) is 4.02. The molecule has 0 saturated heterocycles. The minimum Gasteiger partial charge on any atom is -0.354 e. The molecular weight excluding hydrogens is 300 g/mol. The highest BCUT2D eigenvalue weighted by molar-refractivity contribution is 7.13. The number of thiophene rings is 1. The van der Waals surface area contributed by atoms with Gasteiger partial charge in [0.2, 0.25) is 0 Å². The molecule has 0 aliphatic heterocycles. The largest absolute Gasteiger partial charge is 0.354 e. The molecule has 0 saturated carbocycles. The Kier molecular flexibility index (Phi) is 2.61. The van der Waals surface area contributed by atoms with Gasteiger partial charge in [-0.1, -0.05) is 35.9 Å². The van der Waals surface area contributed by atoms with Crippen molar-refractivity contribution in [3.8, 4) is 10.6 Å². The summed E-state index contributed by atoms with van der Waals surface area (Å²) in [6, 6.07) is 19.2. The zero-order chi connectivity index (χ0) is 15.4. The Morgan fingerprint density at radius 3 is 2.74 bits per heavy atom. The van der Waals surface area contributed by atoms with Gasteiger partial charge in [-0.15, -0.1) is 11.3 Å². The number of aromatic amines is 1. The van der Waals surface area contributed by atoms with Crippen LogP contribution in [-0.4, -0.2) is 9.97 Å². The number of pyridine rings is 1. The van der Waals surface area contributed by atoms with Gasteiger partial charge in [-0.2, -0.15) is 0 Å². The van der Waals surface area contributed by atoms with Gasteiger partial charge in [0, 0.05) is 21.7 Å². The first-order valence-electron chi connectivity index (χ1n) is 7.66. The van der Waals surface area contributed by atoms with E-state index in [1.54, 1.807) is 11.3 Å². The summed E-state index contributed by atoms with van der Waals surface area (Å²) in [5.74, 6) is 0. The fraction of sp³-hybridized carbons (Fsp3) is 0.0500. The number of aromatic nitrogens is 2. The van der Waals surface area contributed by atoms with Crippen molar-refractivity contribution < 1.29 is 0 Å². The Morgan fingerprint density at radius 1 is 0.957 bits per heavy atom. The topological polar surface area (TPSA) is 28.7 Å². The molecule has 2 nitrogen and oxygen atoms in total. The Morgan fingerprint density at radius 2 is 1.87 bits per heavy atom. The van der Waals surface area contributed by atoms with Crippen LogP contribution in [0.1, 0.15) is 5.56 Å². The number of para-hydroxylation sites is 1. The van der Waals surface area contributed by atoms with Gasteiger partial charge >= 0.3 is 0 Å². The quantitative estimate of drug-likeness (QED) is 0.409. The third-order valence-electron chi connectivity index (χ3n) is 4.35. The van der Waals surface area contributed by atoms with Gasteiger partial charge < -0.3 is 4.98 Å². The van der Waals surface area contributed by atoms with Gasteiger partial charge in [0.1, 0.15) is 0 Å². The van der Waals surface area contributed by atoms with Crippen molar-refractivity contribution in [1.82, 2.24) is 9.97 Å². The molecule has 5 rings (SSSR count). The van der Waals surface area contributed by atoms with Crippen LogP contribution in [0.3, 0.4) is 0 Å². The highest BCUT2D eigenvalue weighted by Gasteiger charge is 2.15. The smallest absolute Gasteiger partial charge is 0.0909 e. The molecule has 3 aromatic heterocycles. The molecule has 0 radical (unpaired) electrons. The Labute approximate surface area is 137 Å². The number of hydrogen-bond acceptors (Lipinski definition) is 2. The number of rotatable bonds is 1. The Bertz CT molecular complexity index is 1170. The van der Waals surface area contributed by atoms with E-state index in [4.69, 9.17) is 4.98 Å². The minimum absolute atomic E-state index is 1.03. The molecule has 0 unspecified atom stereocenters. The van der Waals surface area contributed by atoms with E-state index in [9.17, 15) is 0 Å². The molecule has 0 spiro atoms. The van der Waals surface area contributed by atoms with Crippen LogP contribution in [-0.2, 0) is 0 Å². The maximum absolute atomic E-state index is 4.99. The number of aryl methyl sites for hydroxylation is 1. The summed E-state index contributed by atoms with van der Waals surface area (Å²) in [6.45, 7) is 2.14. The van der Waals surface area contributed by atoms with Crippen LogP contribution >= 0.6 is 11.3 Å². The molecule has 0 atom stereocenters. The monoisotopic (exact) mass is 314 g/mol. The van der Waals surface area contributed by atoms with E-state index in [1.165, 1.54) is 37.6 Å². The SMILES string of the molecule is Cc1ccc2[nH]c3c4ccccc4nc(-c4cccs4)c3c2c1. The van der Waals surface area contributed by atoms with E-state index >= 15 is 0 Å². The van der Waals surface area contributed by atoms with Crippen molar-refractivity contribution in [3.63, 3.8) is 0 Å². The number of H-pyrrole nitrogens is 1. The molecule has 1 N–H and O–H groups in total. The molecule has 2 aromatic carbocycles. The van der Waals surface area contributed by atoms with Crippen LogP contribution in [0.15, 0.2) is 60.0 Å². The highest BCUT2D eigenvalue weighted by Crippen LogP contribution is 2.38. The summed E-state index contributed by atoms with van der Waals surface area (Å²) in [4.78, 5) is 9.81. The van der Waals surface area contributed by atoms with Crippen LogP contribution in [0.5, 0.6) is 0 Å². The minimum atomic E-state index is 1.03. The molecule has 0 fully saturated rings. The first-order chi connectivity index (χ1) is 11.3. The molecule has 3 heteroatoms. The lowest BCUT2D eigenvalue weighted by Gasteiger charge is -2.05. The van der Waals surface area contributed by atoms with Gasteiger partial charge in [0.15, 0.2) is 0 Å². The van der Waals surface area contributed by atoms with Gasteiger partial charge in [-0.05, 0) is 36.6 Å². The summed E-state index contributed by atoms with van der Waals surface area (Å²) in [7, 11) is 0. The predicted molar refractivity (Wildman–Crippen MR) is 99.2 cm³/mol. The number of fused-ring (bicyclic) bond motifs is 5. The van der Waals surface area contributed by atoms with Crippen LogP contribution < -0.4 is 0 Å². The van der Waals surface area contributed by atoms with Crippen molar-refractivity contribution in [2.24, 2.45) is 0 Å². The van der Waals surface area contributed by atoms with Crippen LogP contribution in [0.2, 0.25) is 0 Å². The predicted octanol–water partition coefficient (Wildman–Crippen LogP) is 5.91. The first-order valence-corrected chi connectivity index (χ1v) is 8.54. The normalized spacial score (nSPS) is 11.7. The van der Waals surface area contributed by atoms with Crippen LogP contribution in [0.25, 0.3) is 43.3 Å². The molecule has 0 aliphatic rings. The van der Waals surface area contributed by atoms with Crippen molar-refractivity contribution in [2.45, 2.75) is 6.92 Å². The number of nitrogens with one attached hydrogen (secondary N) is 1. The molecule has 0 bridgehead atoms. The maximum atomic E-state index is 4.99. The molecule has 23 heavy (non-hydrogen) atoms. The fourth-order valence-electron chi connectivity index (χ4n) is 3.30. The lowest BCUT2D eigenvalue weighted by molar-refractivity contribution is 1.45. The molecule has 5 aromatic rings. The second kappa shape index (κ2) is 4.67. The molecule has 0 amide bonds. The van der Waals surface area contributed by atoms with Crippen molar-refractivity contribution in [2.75, 3.05) is 0 Å². The van der Waals surface area contributed by atoms with Crippen LogP contribution in [0.4, 0.5) is 0 Å². The lowest BCUT2D eigenvalue weighted by Crippen LogP contribution is -1.86. The molecule has 0 aliphatic carbocycles. The van der Waals surface area contributed by atoms with Gasteiger partial charge in [-0.25, -0.2) is 4.98 Å². The van der Waals surface area contributed by atoms with Gasteiger partial charge in [0.05, 0.1) is 21.6 Å². The lowest BCUT2D eigenvalue weighted by atomic mass is 10.1. The standard InChI is InChI=1S/C20H14N2S/c1-12-8-9-16-14(11-12)18-19(21-16)13-5-2-3-6-15(13)22-20(18)17-7-4-10-23-17/h2-11,21H,1H3. The zero-order valence-corrected chi connectivity index (χ0v) is 13.4. The van der Waals surface area contributed by atoms with Crippen molar-refractivity contribution in [3.05, 3.63) is 65.5 Å². The first kappa shape index (κ1) is 12.9. The molecular formula is C20H14N2S. The average Bonchev–Trinajstić information content (AvgIpc) is 3.22. The van der Waals surface area contributed by atoms with E-state index in [0.717, 1.165) is 11.2 Å². The Balaban J connectivity index is 2.08. The summed E-state index contributed by atoms with van der Waals surface area (Å²) >= 11 is 1.74. The average molecular weight is 314 g/mol. The zero-order valence-electron chi connectivity index (χ0n) is 12.6. The summed E-state index contributed by atoms with van der Waals surface area (Å²) in [5.41, 5.74) is 5.72. The van der Waals surface area contributed by atoms with Crippen LogP contribution in [0, 0.1) is 6.92 Å². The molecule has 3 heterocycles. The maximum Gasteiger partial charge on any atom is 0.0909 e. The summed E-state index contributed by atoms with van der Waals surface area (Å²) < 4.78 is 0. The van der Waals surface area contributed by atoms with E-state index in [2.05, 4.69) is 65.8 Å². The van der Waals surface area contributed by atoms with E-state index in [0.29, 0.717) is 0 Å². The second-order valence-electron chi connectivity index (χ2n) is 5.88. The number of nitrogens with zero attached hydrogens (tertiary/aromatic N) is 1. The third-order valence-corrected chi connectivity index (χ3v) is 5.23.